The molecule has 0 radical (unpaired) electrons. The largest absolute Gasteiger partial charge is 0.505 e. The Balaban J connectivity index is 2.41. The van der Waals surface area contributed by atoms with Gasteiger partial charge in [0.05, 0.1) is 10.2 Å². The average molecular weight is 373 g/mol. The first-order valence-electron chi connectivity index (χ1n) is 5.12. The number of aromatic hydroxyl groups is 1. The van der Waals surface area contributed by atoms with E-state index in [0.717, 1.165) is 4.90 Å². The highest BCUT2D eigenvalue weighted by Crippen LogP contribution is 2.39. The van der Waals surface area contributed by atoms with Crippen LogP contribution in [0.1, 0.15) is 6.42 Å². The van der Waals surface area contributed by atoms with Crippen LogP contribution in [0.25, 0.3) is 0 Å². The SMILES string of the molecule is O=C1CC(S(=O)(=O)F)CN1c1cc(Cl)cc(Br)c1O. The molecule has 9 heteroatoms. The second-order valence-corrected chi connectivity index (χ2v) is 6.97. The highest BCUT2D eigenvalue weighted by molar-refractivity contribution is 9.10. The first kappa shape index (κ1) is 14.5. The van der Waals surface area contributed by atoms with Crippen molar-refractivity contribution in [3.05, 3.63) is 21.6 Å². The molecule has 104 valence electrons. The Morgan fingerprint density at radius 1 is 1.47 bits per heavy atom. The maximum Gasteiger partial charge on any atom is 0.307 e. The molecule has 1 amide bonds. The fourth-order valence-corrected chi connectivity index (χ4v) is 3.32. The number of nitrogens with zero attached hydrogens (tertiary/aromatic N) is 1. The van der Waals surface area contributed by atoms with Gasteiger partial charge in [-0.1, -0.05) is 11.6 Å². The molecule has 1 fully saturated rings. The normalized spacial score (nSPS) is 20.1. The molecule has 1 aliphatic heterocycles. The second kappa shape index (κ2) is 4.92. The molecule has 1 saturated heterocycles. The van der Waals surface area contributed by atoms with Crippen LogP contribution in [0.4, 0.5) is 9.57 Å². The molecule has 1 aromatic rings. The highest BCUT2D eigenvalue weighted by Gasteiger charge is 2.40. The molecule has 19 heavy (non-hydrogen) atoms. The highest BCUT2D eigenvalue weighted by atomic mass is 79.9. The quantitative estimate of drug-likeness (QED) is 0.808. The Kier molecular flexibility index (Phi) is 3.76. The van der Waals surface area contributed by atoms with Gasteiger partial charge in [0, 0.05) is 18.0 Å². The molecule has 0 saturated carbocycles. The number of amides is 1. The molecule has 0 aromatic heterocycles. The van der Waals surface area contributed by atoms with Gasteiger partial charge in [-0.05, 0) is 28.1 Å². The third kappa shape index (κ3) is 2.85. The van der Waals surface area contributed by atoms with Crippen molar-refractivity contribution in [1.82, 2.24) is 0 Å². The van der Waals surface area contributed by atoms with Crippen molar-refractivity contribution in [1.29, 1.82) is 0 Å². The number of carbonyl (C=O) groups is 1. The topological polar surface area (TPSA) is 74.7 Å². The van der Waals surface area contributed by atoms with E-state index >= 15 is 0 Å². The van der Waals surface area contributed by atoms with Crippen LogP contribution in [0, 0.1) is 0 Å². The maximum absolute atomic E-state index is 12.9. The van der Waals surface area contributed by atoms with Gasteiger partial charge < -0.3 is 10.0 Å². The molecular weight excluding hydrogens is 365 g/mol. The maximum atomic E-state index is 12.9. The van der Waals surface area contributed by atoms with Crippen LogP contribution in [-0.2, 0) is 15.0 Å². The van der Waals surface area contributed by atoms with Gasteiger partial charge in [-0.25, -0.2) is 0 Å². The minimum absolute atomic E-state index is 0.0514. The number of hydrogen-bond donors (Lipinski definition) is 1. The zero-order chi connectivity index (χ0) is 14.4. The Bertz CT molecular complexity index is 651. The van der Waals surface area contributed by atoms with Crippen molar-refractivity contribution in [2.24, 2.45) is 0 Å². The second-order valence-electron chi connectivity index (χ2n) is 4.06. The summed E-state index contributed by atoms with van der Waals surface area (Å²) in [4.78, 5) is 12.7. The number of phenolic OH excluding ortho intramolecular Hbond substituents is 1. The predicted molar refractivity (Wildman–Crippen MR) is 71.6 cm³/mol. The molecule has 0 aliphatic carbocycles. The first-order valence-corrected chi connectivity index (χ1v) is 7.73. The lowest BCUT2D eigenvalue weighted by molar-refractivity contribution is -0.117. The first-order chi connectivity index (χ1) is 8.70. The van der Waals surface area contributed by atoms with E-state index in [2.05, 4.69) is 15.9 Å². The molecule has 0 bridgehead atoms. The summed E-state index contributed by atoms with van der Waals surface area (Å²) in [5.74, 6) is -0.842. The van der Waals surface area contributed by atoms with Gasteiger partial charge >= 0.3 is 10.2 Å². The van der Waals surface area contributed by atoms with Crippen molar-refractivity contribution in [2.45, 2.75) is 11.7 Å². The fourth-order valence-electron chi connectivity index (χ4n) is 1.85. The molecule has 1 aromatic carbocycles. The van der Waals surface area contributed by atoms with Crippen LogP contribution in [0.2, 0.25) is 5.02 Å². The third-order valence-electron chi connectivity index (χ3n) is 2.79. The van der Waals surface area contributed by atoms with Gasteiger partial charge in [-0.2, -0.15) is 8.42 Å². The van der Waals surface area contributed by atoms with Crippen LogP contribution >= 0.6 is 27.5 Å². The van der Waals surface area contributed by atoms with Crippen molar-refractivity contribution >= 4 is 49.3 Å². The number of carbonyl (C=O) groups excluding carboxylic acids is 1. The molecular formula is C10H8BrClFNO4S. The van der Waals surface area contributed by atoms with E-state index in [4.69, 9.17) is 11.6 Å². The van der Waals surface area contributed by atoms with Crippen LogP contribution in [0.15, 0.2) is 16.6 Å². The molecule has 1 heterocycles. The smallest absolute Gasteiger partial charge is 0.307 e. The van der Waals surface area contributed by atoms with Crippen LogP contribution in [-0.4, -0.2) is 31.2 Å². The van der Waals surface area contributed by atoms with Crippen molar-refractivity contribution in [3.63, 3.8) is 0 Å². The van der Waals surface area contributed by atoms with Crippen LogP contribution in [0.5, 0.6) is 5.75 Å². The summed E-state index contributed by atoms with van der Waals surface area (Å²) in [7, 11) is -4.80. The van der Waals surface area contributed by atoms with Crippen molar-refractivity contribution in [3.8, 4) is 5.75 Å². The van der Waals surface area contributed by atoms with E-state index in [-0.39, 0.29) is 27.5 Å². The van der Waals surface area contributed by atoms with Crippen LogP contribution < -0.4 is 4.90 Å². The van der Waals surface area contributed by atoms with E-state index in [1.165, 1.54) is 12.1 Å². The number of benzene rings is 1. The zero-order valence-electron chi connectivity index (χ0n) is 9.31. The third-order valence-corrected chi connectivity index (χ3v) is 4.72. The Morgan fingerprint density at radius 3 is 2.63 bits per heavy atom. The summed E-state index contributed by atoms with van der Waals surface area (Å²) in [5, 5.41) is 8.68. The number of rotatable bonds is 2. The molecule has 2 rings (SSSR count). The summed E-state index contributed by atoms with van der Waals surface area (Å²) in [6, 6.07) is 2.73. The van der Waals surface area contributed by atoms with Gasteiger partial charge in [0.15, 0.2) is 5.75 Å². The van der Waals surface area contributed by atoms with E-state index in [1.807, 2.05) is 0 Å². The lowest BCUT2D eigenvalue weighted by atomic mass is 10.2. The lowest BCUT2D eigenvalue weighted by Gasteiger charge is -2.18. The number of phenols is 1. The summed E-state index contributed by atoms with van der Waals surface area (Å²) in [6.45, 7) is -0.349. The molecule has 1 unspecified atom stereocenters. The molecule has 0 spiro atoms. The molecule has 5 nitrogen and oxygen atoms in total. The van der Waals surface area contributed by atoms with E-state index < -0.39 is 27.8 Å². The Labute approximate surface area is 122 Å². The minimum Gasteiger partial charge on any atom is -0.505 e. The summed E-state index contributed by atoms with van der Waals surface area (Å²) in [6.07, 6.45) is -0.456. The van der Waals surface area contributed by atoms with E-state index in [1.54, 1.807) is 0 Å². The predicted octanol–water partition coefficient (Wildman–Crippen LogP) is 2.21. The van der Waals surface area contributed by atoms with Crippen molar-refractivity contribution < 1.29 is 22.2 Å². The van der Waals surface area contributed by atoms with E-state index in [9.17, 15) is 22.2 Å². The minimum atomic E-state index is -4.80. The van der Waals surface area contributed by atoms with E-state index in [0.29, 0.717) is 0 Å². The van der Waals surface area contributed by atoms with Crippen LogP contribution in [0.3, 0.4) is 0 Å². The van der Waals surface area contributed by atoms with Gasteiger partial charge in [-0.3, -0.25) is 4.79 Å². The lowest BCUT2D eigenvalue weighted by Crippen LogP contribution is -2.27. The molecule has 1 atom stereocenters. The molecule has 1 N–H and O–H groups in total. The average Bonchev–Trinajstić information content (AvgIpc) is 2.65. The fraction of sp³-hybridized carbons (Fsp3) is 0.300. The number of anilines is 1. The van der Waals surface area contributed by atoms with Gasteiger partial charge in [0.25, 0.3) is 0 Å². The summed E-state index contributed by atoms with van der Waals surface area (Å²) < 4.78 is 34.8. The summed E-state index contributed by atoms with van der Waals surface area (Å²) in [5.41, 5.74) is 0.0514. The van der Waals surface area contributed by atoms with Gasteiger partial charge in [0.1, 0.15) is 5.25 Å². The van der Waals surface area contributed by atoms with Gasteiger partial charge in [-0.15, -0.1) is 3.89 Å². The van der Waals surface area contributed by atoms with Gasteiger partial charge in [0.2, 0.25) is 5.91 Å². The number of halogens is 3. The number of hydrogen-bond acceptors (Lipinski definition) is 4. The molecule has 1 aliphatic rings. The zero-order valence-corrected chi connectivity index (χ0v) is 12.5. The monoisotopic (exact) mass is 371 g/mol. The Hall–Kier alpha value is -0.860. The van der Waals surface area contributed by atoms with Crippen molar-refractivity contribution in [2.75, 3.05) is 11.4 Å². The summed E-state index contributed by atoms with van der Waals surface area (Å²) >= 11 is 8.86. The standard InChI is InChI=1S/C10H8BrClFNO4S/c11-7-1-5(12)2-8(10(7)16)14-4-6(3-9(14)15)19(13,17)18/h1-2,6,16H,3-4H2. The Morgan fingerprint density at radius 2 is 2.11 bits per heavy atom.